The Labute approximate surface area is 80.9 Å². The molecule has 0 radical (unpaired) electrons. The Morgan fingerprint density at radius 1 is 1.57 bits per heavy atom. The first-order valence-corrected chi connectivity index (χ1v) is 4.18. The number of terminal acetylenes is 1. The average molecular weight is 207 g/mol. The van der Waals surface area contributed by atoms with Crippen LogP contribution in [0.1, 0.15) is 26.2 Å². The lowest BCUT2D eigenvalue weighted by molar-refractivity contribution is -0.154. The fourth-order valence-electron chi connectivity index (χ4n) is 0.900. The smallest absolute Gasteiger partial charge is 0.352 e. The molecular formula is C9H12F3NO. The van der Waals surface area contributed by atoms with Gasteiger partial charge < -0.3 is 5.32 Å². The molecule has 1 N–H and O–H groups in total. The van der Waals surface area contributed by atoms with Gasteiger partial charge in [0.05, 0.1) is 0 Å². The quantitative estimate of drug-likeness (QED) is 0.700. The van der Waals surface area contributed by atoms with E-state index in [4.69, 9.17) is 6.42 Å². The molecule has 1 unspecified atom stereocenters. The fourth-order valence-corrected chi connectivity index (χ4v) is 0.900. The van der Waals surface area contributed by atoms with Crippen LogP contribution in [0.15, 0.2) is 0 Å². The van der Waals surface area contributed by atoms with Gasteiger partial charge in [-0.1, -0.05) is 6.92 Å². The first kappa shape index (κ1) is 12.8. The Balaban J connectivity index is 3.98. The van der Waals surface area contributed by atoms with Crippen LogP contribution in [0, 0.1) is 12.3 Å². The van der Waals surface area contributed by atoms with Crippen molar-refractivity contribution >= 4 is 5.91 Å². The number of carbonyl (C=O) groups excluding carboxylic acids is 1. The molecule has 0 bridgehead atoms. The van der Waals surface area contributed by atoms with Crippen LogP contribution in [0.3, 0.4) is 0 Å². The van der Waals surface area contributed by atoms with Crippen molar-refractivity contribution in [2.75, 3.05) is 0 Å². The highest BCUT2D eigenvalue weighted by atomic mass is 19.4. The third kappa shape index (κ3) is 6.35. The van der Waals surface area contributed by atoms with E-state index in [1.54, 1.807) is 6.92 Å². The second-order valence-electron chi connectivity index (χ2n) is 2.87. The van der Waals surface area contributed by atoms with E-state index in [2.05, 4.69) is 11.2 Å². The van der Waals surface area contributed by atoms with Crippen LogP contribution in [0.5, 0.6) is 0 Å². The largest absolute Gasteiger partial charge is 0.397 e. The highest BCUT2D eigenvalue weighted by Crippen LogP contribution is 2.19. The summed E-state index contributed by atoms with van der Waals surface area (Å²) >= 11 is 0. The topological polar surface area (TPSA) is 29.1 Å². The summed E-state index contributed by atoms with van der Waals surface area (Å²) in [5.74, 6) is 1.26. The third-order valence-electron chi connectivity index (χ3n) is 1.58. The molecule has 0 aromatic rings. The summed E-state index contributed by atoms with van der Waals surface area (Å²) in [6.45, 7) is 1.75. The summed E-state index contributed by atoms with van der Waals surface area (Å²) in [5, 5.41) is 2.22. The number of rotatable bonds is 4. The number of nitrogens with one attached hydrogen (secondary N) is 1. The van der Waals surface area contributed by atoms with E-state index in [9.17, 15) is 18.0 Å². The fraction of sp³-hybridized carbons (Fsp3) is 0.667. The van der Waals surface area contributed by atoms with E-state index < -0.39 is 18.5 Å². The van der Waals surface area contributed by atoms with Gasteiger partial charge in [0, 0.05) is 12.5 Å². The standard InChI is InChI=1S/C9H12F3NO/c1-3-5-7(4-2)13-8(14)6-9(10,11)12/h1,7H,4-6H2,2H3,(H,13,14). The molecule has 80 valence electrons. The van der Waals surface area contributed by atoms with Crippen molar-refractivity contribution in [3.8, 4) is 12.3 Å². The molecule has 0 heterocycles. The zero-order valence-electron chi connectivity index (χ0n) is 7.82. The van der Waals surface area contributed by atoms with Crippen LogP contribution < -0.4 is 5.32 Å². The first-order chi connectivity index (χ1) is 6.39. The van der Waals surface area contributed by atoms with Crippen LogP contribution in [-0.2, 0) is 4.79 Å². The number of halogens is 3. The van der Waals surface area contributed by atoms with Gasteiger partial charge in [-0.3, -0.25) is 4.79 Å². The van der Waals surface area contributed by atoms with Crippen molar-refractivity contribution in [1.82, 2.24) is 5.32 Å². The Hall–Kier alpha value is -1.18. The van der Waals surface area contributed by atoms with E-state index in [1.165, 1.54) is 0 Å². The van der Waals surface area contributed by atoms with Crippen LogP contribution >= 0.6 is 0 Å². The van der Waals surface area contributed by atoms with Crippen molar-refractivity contribution in [1.29, 1.82) is 0 Å². The predicted molar refractivity (Wildman–Crippen MR) is 46.3 cm³/mol. The van der Waals surface area contributed by atoms with Gasteiger partial charge in [0.1, 0.15) is 6.42 Å². The van der Waals surface area contributed by atoms with Crippen molar-refractivity contribution in [2.24, 2.45) is 0 Å². The van der Waals surface area contributed by atoms with Crippen molar-refractivity contribution in [2.45, 2.75) is 38.4 Å². The van der Waals surface area contributed by atoms with E-state index in [1.807, 2.05) is 0 Å². The number of hydrogen-bond donors (Lipinski definition) is 1. The molecule has 1 amide bonds. The summed E-state index contributed by atoms with van der Waals surface area (Å²) in [6.07, 6.45) is -0.154. The molecule has 0 saturated carbocycles. The summed E-state index contributed by atoms with van der Waals surface area (Å²) < 4.78 is 35.2. The van der Waals surface area contributed by atoms with Crippen LogP contribution in [0.2, 0.25) is 0 Å². The molecule has 0 aromatic heterocycles. The minimum absolute atomic E-state index is 0.250. The van der Waals surface area contributed by atoms with E-state index in [0.717, 1.165) is 0 Å². The van der Waals surface area contributed by atoms with Crippen LogP contribution in [0.25, 0.3) is 0 Å². The Kier molecular flexibility index (Phi) is 5.06. The molecule has 5 heteroatoms. The van der Waals surface area contributed by atoms with Crippen LogP contribution in [-0.4, -0.2) is 18.1 Å². The molecule has 0 aliphatic carbocycles. The van der Waals surface area contributed by atoms with E-state index in [0.29, 0.717) is 6.42 Å². The van der Waals surface area contributed by atoms with Gasteiger partial charge in [-0.15, -0.1) is 12.3 Å². The van der Waals surface area contributed by atoms with Crippen molar-refractivity contribution in [3.63, 3.8) is 0 Å². The summed E-state index contributed by atoms with van der Waals surface area (Å²) in [4.78, 5) is 10.8. The maximum Gasteiger partial charge on any atom is 0.397 e. The number of amides is 1. The van der Waals surface area contributed by atoms with Crippen molar-refractivity contribution in [3.05, 3.63) is 0 Å². The van der Waals surface area contributed by atoms with E-state index in [-0.39, 0.29) is 12.5 Å². The van der Waals surface area contributed by atoms with Crippen LogP contribution in [0.4, 0.5) is 13.2 Å². The molecule has 0 rings (SSSR count). The molecule has 0 aromatic carbocycles. The lowest BCUT2D eigenvalue weighted by Crippen LogP contribution is -2.36. The third-order valence-corrected chi connectivity index (χ3v) is 1.58. The second kappa shape index (κ2) is 5.53. The van der Waals surface area contributed by atoms with E-state index >= 15 is 0 Å². The number of alkyl halides is 3. The Morgan fingerprint density at radius 2 is 2.14 bits per heavy atom. The molecule has 0 aliphatic heterocycles. The predicted octanol–water partition coefficient (Wildman–Crippen LogP) is 1.86. The zero-order chi connectivity index (χ0) is 11.2. The second-order valence-corrected chi connectivity index (χ2v) is 2.87. The van der Waals surface area contributed by atoms with Gasteiger partial charge in [0.2, 0.25) is 5.91 Å². The van der Waals surface area contributed by atoms with Gasteiger partial charge in [-0.2, -0.15) is 13.2 Å². The Bertz CT molecular complexity index is 229. The summed E-state index contributed by atoms with van der Waals surface area (Å²) in [6, 6.07) is -0.366. The maximum atomic E-state index is 11.7. The minimum Gasteiger partial charge on any atom is -0.352 e. The summed E-state index contributed by atoms with van der Waals surface area (Å²) in [7, 11) is 0. The lowest BCUT2D eigenvalue weighted by atomic mass is 10.1. The monoisotopic (exact) mass is 207 g/mol. The molecule has 0 fully saturated rings. The van der Waals surface area contributed by atoms with Gasteiger partial charge in [0.15, 0.2) is 0 Å². The molecule has 1 atom stereocenters. The molecule has 0 spiro atoms. The summed E-state index contributed by atoms with van der Waals surface area (Å²) in [5.41, 5.74) is 0. The van der Waals surface area contributed by atoms with Gasteiger partial charge in [-0.05, 0) is 6.42 Å². The Morgan fingerprint density at radius 3 is 2.50 bits per heavy atom. The molecule has 14 heavy (non-hydrogen) atoms. The molecule has 0 saturated heterocycles. The molecular weight excluding hydrogens is 195 g/mol. The minimum atomic E-state index is -4.46. The average Bonchev–Trinajstić information content (AvgIpc) is 2.00. The van der Waals surface area contributed by atoms with Gasteiger partial charge in [-0.25, -0.2) is 0 Å². The number of hydrogen-bond acceptors (Lipinski definition) is 1. The molecule has 0 aliphatic rings. The normalized spacial score (nSPS) is 13.1. The lowest BCUT2D eigenvalue weighted by Gasteiger charge is -2.14. The van der Waals surface area contributed by atoms with Gasteiger partial charge in [0.25, 0.3) is 0 Å². The SMILES string of the molecule is C#CCC(CC)NC(=O)CC(F)(F)F. The zero-order valence-corrected chi connectivity index (χ0v) is 7.82. The van der Waals surface area contributed by atoms with Gasteiger partial charge >= 0.3 is 6.18 Å². The highest BCUT2D eigenvalue weighted by molar-refractivity contribution is 5.76. The first-order valence-electron chi connectivity index (χ1n) is 4.18. The number of carbonyl (C=O) groups is 1. The highest BCUT2D eigenvalue weighted by Gasteiger charge is 2.31. The van der Waals surface area contributed by atoms with Crippen molar-refractivity contribution < 1.29 is 18.0 Å². The maximum absolute atomic E-state index is 11.7. The molecule has 2 nitrogen and oxygen atoms in total.